The third-order valence-corrected chi connectivity index (χ3v) is 2.40. The van der Waals surface area contributed by atoms with Crippen LogP contribution in [0.1, 0.15) is 13.3 Å². The lowest BCUT2D eigenvalue weighted by molar-refractivity contribution is -0.180. The van der Waals surface area contributed by atoms with Gasteiger partial charge < -0.3 is 5.73 Å². The van der Waals surface area contributed by atoms with Gasteiger partial charge in [0.15, 0.2) is 0 Å². The summed E-state index contributed by atoms with van der Waals surface area (Å²) in [5.74, 6) is 0. The smallest absolute Gasteiger partial charge is 0.329 e. The molecule has 0 saturated heterocycles. The zero-order valence-electron chi connectivity index (χ0n) is 8.14. The maximum atomic E-state index is 12.5. The monoisotopic (exact) mass is 208 g/mol. The number of alkyl halides is 3. The Balaban J connectivity index is 2.67. The van der Waals surface area contributed by atoms with Crippen LogP contribution in [-0.2, 0) is 0 Å². The molecule has 0 saturated carbocycles. The molecule has 0 aliphatic carbocycles. The van der Waals surface area contributed by atoms with Gasteiger partial charge in [0.1, 0.15) is 6.04 Å². The minimum absolute atomic E-state index is 0.364. The van der Waals surface area contributed by atoms with Gasteiger partial charge in [-0.15, -0.1) is 0 Å². The second-order valence-electron chi connectivity index (χ2n) is 3.60. The van der Waals surface area contributed by atoms with Crippen LogP contribution >= 0.6 is 0 Å². The van der Waals surface area contributed by atoms with Gasteiger partial charge in [-0.3, -0.25) is 4.90 Å². The second-order valence-corrected chi connectivity index (χ2v) is 3.60. The molecule has 0 aromatic rings. The van der Waals surface area contributed by atoms with E-state index in [1.54, 1.807) is 0 Å². The lowest BCUT2D eigenvalue weighted by Gasteiger charge is -2.34. The lowest BCUT2D eigenvalue weighted by atomic mass is 10.1. The fourth-order valence-corrected chi connectivity index (χ4v) is 1.70. The quantitative estimate of drug-likeness (QED) is 0.697. The Morgan fingerprint density at radius 1 is 1.57 bits per heavy atom. The molecule has 2 N–H and O–H groups in total. The second kappa shape index (κ2) is 4.31. The Hall–Kier alpha value is -0.550. The van der Waals surface area contributed by atoms with Gasteiger partial charge in [0.2, 0.25) is 0 Å². The highest BCUT2D eigenvalue weighted by Gasteiger charge is 2.42. The lowest BCUT2D eigenvalue weighted by Crippen LogP contribution is -2.51. The highest BCUT2D eigenvalue weighted by atomic mass is 19.4. The molecular formula is C9H15F3N2. The average molecular weight is 208 g/mol. The molecule has 0 spiro atoms. The van der Waals surface area contributed by atoms with Crippen LogP contribution < -0.4 is 5.73 Å². The van der Waals surface area contributed by atoms with Crippen LogP contribution in [0, 0.1) is 0 Å². The minimum Gasteiger partial charge on any atom is -0.329 e. The van der Waals surface area contributed by atoms with Crippen LogP contribution in [0.5, 0.6) is 0 Å². The Morgan fingerprint density at radius 3 is 2.64 bits per heavy atom. The highest BCUT2D eigenvalue weighted by Crippen LogP contribution is 2.26. The van der Waals surface area contributed by atoms with Crippen molar-refractivity contribution in [1.29, 1.82) is 0 Å². The van der Waals surface area contributed by atoms with Crippen molar-refractivity contribution < 1.29 is 13.2 Å². The third-order valence-electron chi connectivity index (χ3n) is 2.40. The van der Waals surface area contributed by atoms with E-state index in [0.29, 0.717) is 19.5 Å². The predicted octanol–water partition coefficient (Wildman–Crippen LogP) is 1.53. The molecule has 0 fully saturated rings. The van der Waals surface area contributed by atoms with E-state index in [4.69, 9.17) is 5.73 Å². The number of hydrogen-bond acceptors (Lipinski definition) is 2. The van der Waals surface area contributed by atoms with Gasteiger partial charge in [0, 0.05) is 19.6 Å². The van der Waals surface area contributed by atoms with Gasteiger partial charge in [-0.25, -0.2) is 0 Å². The SMILES string of the molecule is CC1=CCCN(C(CN)C(F)(F)F)C1. The number of halogens is 3. The summed E-state index contributed by atoms with van der Waals surface area (Å²) in [6, 6.07) is -1.49. The van der Waals surface area contributed by atoms with E-state index in [-0.39, 0.29) is 6.54 Å². The number of rotatable bonds is 2. The molecule has 5 heteroatoms. The molecule has 1 atom stereocenters. The van der Waals surface area contributed by atoms with Gasteiger partial charge >= 0.3 is 6.18 Å². The van der Waals surface area contributed by atoms with E-state index in [9.17, 15) is 13.2 Å². The first kappa shape index (κ1) is 11.5. The first-order valence-electron chi connectivity index (χ1n) is 4.61. The first-order chi connectivity index (χ1) is 6.45. The fourth-order valence-electron chi connectivity index (χ4n) is 1.70. The van der Waals surface area contributed by atoms with Crippen molar-refractivity contribution in [2.45, 2.75) is 25.6 Å². The van der Waals surface area contributed by atoms with E-state index in [1.165, 1.54) is 4.90 Å². The molecule has 0 aromatic heterocycles. The number of hydrogen-bond donors (Lipinski definition) is 1. The Morgan fingerprint density at radius 2 is 2.21 bits per heavy atom. The normalized spacial score (nSPS) is 21.9. The topological polar surface area (TPSA) is 29.3 Å². The Kier molecular flexibility index (Phi) is 3.55. The van der Waals surface area contributed by atoms with Crippen molar-refractivity contribution in [3.05, 3.63) is 11.6 Å². The van der Waals surface area contributed by atoms with Gasteiger partial charge in [-0.2, -0.15) is 13.2 Å². The average Bonchev–Trinajstić information content (AvgIpc) is 2.02. The minimum atomic E-state index is -4.22. The summed E-state index contributed by atoms with van der Waals surface area (Å²) in [6.45, 7) is 2.30. The van der Waals surface area contributed by atoms with E-state index < -0.39 is 12.2 Å². The van der Waals surface area contributed by atoms with Gasteiger partial charge in [0.25, 0.3) is 0 Å². The molecule has 82 valence electrons. The molecule has 1 unspecified atom stereocenters. The van der Waals surface area contributed by atoms with E-state index in [1.807, 2.05) is 13.0 Å². The molecule has 14 heavy (non-hydrogen) atoms. The van der Waals surface area contributed by atoms with E-state index in [2.05, 4.69) is 0 Å². The third kappa shape index (κ3) is 2.72. The summed E-state index contributed by atoms with van der Waals surface area (Å²) in [5.41, 5.74) is 6.14. The summed E-state index contributed by atoms with van der Waals surface area (Å²) >= 11 is 0. The molecule has 0 aromatic carbocycles. The van der Waals surface area contributed by atoms with E-state index >= 15 is 0 Å². The van der Waals surface area contributed by atoms with Crippen LogP contribution in [0.3, 0.4) is 0 Å². The molecule has 1 aliphatic rings. The van der Waals surface area contributed by atoms with Crippen LogP contribution in [0.25, 0.3) is 0 Å². The summed E-state index contributed by atoms with van der Waals surface area (Å²) in [5, 5.41) is 0. The fraction of sp³-hybridized carbons (Fsp3) is 0.778. The van der Waals surface area contributed by atoms with Crippen LogP contribution in [0.4, 0.5) is 13.2 Å². The summed E-state index contributed by atoms with van der Waals surface area (Å²) in [6.07, 6.45) is -1.56. The Labute approximate surface area is 81.6 Å². The first-order valence-corrected chi connectivity index (χ1v) is 4.61. The predicted molar refractivity (Wildman–Crippen MR) is 48.8 cm³/mol. The van der Waals surface area contributed by atoms with E-state index in [0.717, 1.165) is 5.57 Å². The number of nitrogens with zero attached hydrogens (tertiary/aromatic N) is 1. The van der Waals surface area contributed by atoms with Gasteiger partial charge in [-0.1, -0.05) is 11.6 Å². The largest absolute Gasteiger partial charge is 0.405 e. The standard InChI is InChI=1S/C9H15F3N2/c1-7-3-2-4-14(6-7)8(5-13)9(10,11)12/h3,8H,2,4-6,13H2,1H3. The maximum absolute atomic E-state index is 12.5. The van der Waals surface area contributed by atoms with Crippen molar-refractivity contribution >= 4 is 0 Å². The molecule has 2 nitrogen and oxygen atoms in total. The molecule has 0 amide bonds. The molecule has 1 heterocycles. The summed E-state index contributed by atoms with van der Waals surface area (Å²) < 4.78 is 37.5. The number of nitrogens with two attached hydrogens (primary N) is 1. The zero-order valence-corrected chi connectivity index (χ0v) is 8.14. The molecule has 1 rings (SSSR count). The van der Waals surface area contributed by atoms with Crippen LogP contribution in [0.2, 0.25) is 0 Å². The Bertz CT molecular complexity index is 223. The zero-order chi connectivity index (χ0) is 10.8. The summed E-state index contributed by atoms with van der Waals surface area (Å²) in [7, 11) is 0. The van der Waals surface area contributed by atoms with Gasteiger partial charge in [-0.05, 0) is 13.3 Å². The maximum Gasteiger partial charge on any atom is 0.405 e. The van der Waals surface area contributed by atoms with Crippen molar-refractivity contribution in [2.75, 3.05) is 19.6 Å². The molecule has 1 aliphatic heterocycles. The summed E-state index contributed by atoms with van der Waals surface area (Å²) in [4.78, 5) is 1.40. The van der Waals surface area contributed by atoms with Crippen molar-refractivity contribution in [3.63, 3.8) is 0 Å². The van der Waals surface area contributed by atoms with Crippen molar-refractivity contribution in [1.82, 2.24) is 4.90 Å². The molecule has 0 bridgehead atoms. The van der Waals surface area contributed by atoms with Gasteiger partial charge in [0.05, 0.1) is 0 Å². The van der Waals surface area contributed by atoms with Crippen LogP contribution in [-0.4, -0.2) is 36.8 Å². The van der Waals surface area contributed by atoms with Crippen LogP contribution in [0.15, 0.2) is 11.6 Å². The molecule has 0 radical (unpaired) electrons. The highest BCUT2D eigenvalue weighted by molar-refractivity contribution is 5.06. The van der Waals surface area contributed by atoms with Crippen molar-refractivity contribution in [3.8, 4) is 0 Å². The van der Waals surface area contributed by atoms with Crippen molar-refractivity contribution in [2.24, 2.45) is 5.73 Å². The molecular weight excluding hydrogens is 193 g/mol.